The Balaban J connectivity index is 1.58. The van der Waals surface area contributed by atoms with E-state index in [-0.39, 0.29) is 5.91 Å². The molecule has 4 rings (SSSR count). The number of carbonyl (C=O) groups is 1. The predicted molar refractivity (Wildman–Crippen MR) is 118 cm³/mol. The minimum Gasteiger partial charge on any atom is -0.493 e. The van der Waals surface area contributed by atoms with Crippen LogP contribution in [0.2, 0.25) is 0 Å². The zero-order valence-electron chi connectivity index (χ0n) is 18.0. The minimum atomic E-state index is 0.0753. The van der Waals surface area contributed by atoms with Crippen LogP contribution in [0.25, 0.3) is 0 Å². The number of hydrogen-bond acceptors (Lipinski definition) is 4. The maximum atomic E-state index is 13.4. The molecular weight excluding hydrogens is 376 g/mol. The van der Waals surface area contributed by atoms with Gasteiger partial charge in [-0.2, -0.15) is 0 Å². The first kappa shape index (κ1) is 20.5. The van der Waals surface area contributed by atoms with Crippen LogP contribution in [0, 0.1) is 0 Å². The number of nitrogens with zero attached hydrogens (tertiary/aromatic N) is 2. The summed E-state index contributed by atoms with van der Waals surface area (Å²) >= 11 is 0. The third kappa shape index (κ3) is 4.08. The molecule has 158 valence electrons. The third-order valence-electron chi connectivity index (χ3n) is 6.41. The number of hydrogen-bond donors (Lipinski definition) is 0. The van der Waals surface area contributed by atoms with Crippen LogP contribution in [0.5, 0.6) is 11.5 Å². The summed E-state index contributed by atoms with van der Waals surface area (Å²) in [5.74, 6) is 1.51. The van der Waals surface area contributed by atoms with Crippen molar-refractivity contribution in [2.24, 2.45) is 0 Å². The summed E-state index contributed by atoms with van der Waals surface area (Å²) < 4.78 is 10.8. The smallest absolute Gasteiger partial charge is 0.258 e. The van der Waals surface area contributed by atoms with Crippen molar-refractivity contribution in [3.05, 3.63) is 71.4 Å². The molecule has 0 N–H and O–H groups in total. The number of methoxy groups -OCH3 is 2. The van der Waals surface area contributed by atoms with E-state index in [0.717, 1.165) is 29.7 Å². The highest BCUT2D eigenvalue weighted by Gasteiger charge is 2.36. The van der Waals surface area contributed by atoms with E-state index in [1.165, 1.54) is 12.8 Å². The van der Waals surface area contributed by atoms with Crippen molar-refractivity contribution >= 4 is 5.91 Å². The summed E-state index contributed by atoms with van der Waals surface area (Å²) in [5, 5.41) is 0. The molecule has 0 spiro atoms. The van der Waals surface area contributed by atoms with E-state index in [1.54, 1.807) is 14.2 Å². The molecule has 0 aromatic heterocycles. The fourth-order valence-electron chi connectivity index (χ4n) is 4.61. The Morgan fingerprint density at radius 2 is 1.83 bits per heavy atom. The van der Waals surface area contributed by atoms with Gasteiger partial charge in [-0.3, -0.25) is 9.69 Å². The molecule has 0 radical (unpaired) electrons. The van der Waals surface area contributed by atoms with Crippen LogP contribution in [0.3, 0.4) is 0 Å². The van der Waals surface area contributed by atoms with Crippen LogP contribution in [0.1, 0.15) is 35.2 Å². The van der Waals surface area contributed by atoms with Gasteiger partial charge in [-0.15, -0.1) is 0 Å². The lowest BCUT2D eigenvalue weighted by atomic mass is 10.0. The summed E-state index contributed by atoms with van der Waals surface area (Å²) in [4.78, 5) is 17.9. The first-order chi connectivity index (χ1) is 14.6. The van der Waals surface area contributed by atoms with Crippen LogP contribution < -0.4 is 9.47 Å². The van der Waals surface area contributed by atoms with Gasteiger partial charge in [0.15, 0.2) is 11.5 Å². The molecule has 2 aliphatic rings. The third-order valence-corrected chi connectivity index (χ3v) is 6.41. The van der Waals surface area contributed by atoms with Gasteiger partial charge >= 0.3 is 0 Å². The molecular formula is C25H30N2O3. The van der Waals surface area contributed by atoms with E-state index in [1.807, 2.05) is 53.4 Å². The molecule has 2 unspecified atom stereocenters. The van der Waals surface area contributed by atoms with Gasteiger partial charge in [0.25, 0.3) is 5.91 Å². The van der Waals surface area contributed by atoms with Crippen LogP contribution in [-0.4, -0.2) is 55.6 Å². The van der Waals surface area contributed by atoms with Crippen LogP contribution in [-0.2, 0) is 6.42 Å². The van der Waals surface area contributed by atoms with E-state index >= 15 is 0 Å². The van der Waals surface area contributed by atoms with E-state index in [9.17, 15) is 4.79 Å². The molecule has 2 heterocycles. The molecule has 1 amide bonds. The molecule has 2 aromatic carbocycles. The SMILES string of the molecule is COc1ccc(CCN(C(=O)c2ccccc2)C2=CC3CCC(C2)N3C)cc1OC. The van der Waals surface area contributed by atoms with Crippen molar-refractivity contribution in [3.63, 3.8) is 0 Å². The van der Waals surface area contributed by atoms with Gasteiger partial charge in [0, 0.05) is 36.3 Å². The van der Waals surface area contributed by atoms with E-state index < -0.39 is 0 Å². The molecule has 2 aromatic rings. The van der Waals surface area contributed by atoms with Gasteiger partial charge in [-0.25, -0.2) is 0 Å². The molecule has 2 atom stereocenters. The van der Waals surface area contributed by atoms with Gasteiger partial charge in [0.05, 0.1) is 14.2 Å². The van der Waals surface area contributed by atoms with Gasteiger partial charge < -0.3 is 14.4 Å². The van der Waals surface area contributed by atoms with E-state index in [2.05, 4.69) is 18.0 Å². The van der Waals surface area contributed by atoms with Crippen LogP contribution in [0.15, 0.2) is 60.3 Å². The van der Waals surface area contributed by atoms with Crippen LogP contribution >= 0.6 is 0 Å². The lowest BCUT2D eigenvalue weighted by molar-refractivity contribution is 0.0787. The highest BCUT2D eigenvalue weighted by atomic mass is 16.5. The lowest BCUT2D eigenvalue weighted by Gasteiger charge is -2.35. The fourth-order valence-corrected chi connectivity index (χ4v) is 4.61. The lowest BCUT2D eigenvalue weighted by Crippen LogP contribution is -2.41. The Morgan fingerprint density at radius 1 is 1.07 bits per heavy atom. The molecule has 2 aliphatic heterocycles. The Bertz CT molecular complexity index is 925. The Kier molecular flexibility index (Phi) is 6.09. The molecule has 1 saturated heterocycles. The van der Waals surface area contributed by atoms with Gasteiger partial charge in [0.1, 0.15) is 0 Å². The molecule has 30 heavy (non-hydrogen) atoms. The number of rotatable bonds is 7. The van der Waals surface area contributed by atoms with Crippen molar-refractivity contribution in [1.29, 1.82) is 0 Å². The number of ether oxygens (including phenoxy) is 2. The number of likely N-dealkylation sites (N-methyl/N-ethyl adjacent to an activating group) is 1. The fraction of sp³-hybridized carbons (Fsp3) is 0.400. The van der Waals surface area contributed by atoms with Gasteiger partial charge in [-0.05, 0) is 62.2 Å². The number of fused-ring (bicyclic) bond motifs is 2. The second kappa shape index (κ2) is 8.92. The second-order valence-corrected chi connectivity index (χ2v) is 8.09. The normalized spacial score (nSPS) is 20.6. The van der Waals surface area contributed by atoms with Gasteiger partial charge in [-0.1, -0.05) is 24.3 Å². The van der Waals surface area contributed by atoms with Crippen molar-refractivity contribution in [2.75, 3.05) is 27.8 Å². The highest BCUT2D eigenvalue weighted by Crippen LogP contribution is 2.35. The summed E-state index contributed by atoms with van der Waals surface area (Å²) in [6.45, 7) is 0.637. The highest BCUT2D eigenvalue weighted by molar-refractivity contribution is 5.95. The maximum Gasteiger partial charge on any atom is 0.258 e. The zero-order chi connectivity index (χ0) is 21.1. The molecule has 0 saturated carbocycles. The first-order valence-electron chi connectivity index (χ1n) is 10.6. The summed E-state index contributed by atoms with van der Waals surface area (Å²) in [7, 11) is 5.48. The Morgan fingerprint density at radius 3 is 2.53 bits per heavy atom. The topological polar surface area (TPSA) is 42.0 Å². The monoisotopic (exact) mass is 406 g/mol. The zero-order valence-corrected chi connectivity index (χ0v) is 18.0. The van der Waals surface area contributed by atoms with E-state index in [4.69, 9.17) is 9.47 Å². The number of benzene rings is 2. The molecule has 5 nitrogen and oxygen atoms in total. The Hall–Kier alpha value is -2.79. The number of carbonyl (C=O) groups excluding carboxylic acids is 1. The molecule has 0 aliphatic carbocycles. The predicted octanol–water partition coefficient (Wildman–Crippen LogP) is 4.14. The summed E-state index contributed by atoms with van der Waals surface area (Å²) in [6.07, 6.45) is 6.36. The first-order valence-corrected chi connectivity index (χ1v) is 10.6. The largest absolute Gasteiger partial charge is 0.493 e. The van der Waals surface area contributed by atoms with Gasteiger partial charge in [0.2, 0.25) is 0 Å². The molecule has 5 heteroatoms. The number of amides is 1. The van der Waals surface area contributed by atoms with E-state index in [0.29, 0.717) is 30.1 Å². The van der Waals surface area contributed by atoms with Crippen LogP contribution in [0.4, 0.5) is 0 Å². The molecule has 2 bridgehead atoms. The average molecular weight is 407 g/mol. The Labute approximate surface area is 178 Å². The van der Waals surface area contributed by atoms with Crippen molar-refractivity contribution in [2.45, 2.75) is 37.8 Å². The minimum absolute atomic E-state index is 0.0753. The standard InChI is InChI=1S/C25H30N2O3/c1-26-20-10-11-21(26)17-22(16-20)27(25(28)19-7-5-4-6-8-19)14-13-18-9-12-23(29-2)24(15-18)30-3/h4-9,12,15-16,20-21H,10-11,13-14,17H2,1-3H3. The summed E-state index contributed by atoms with van der Waals surface area (Å²) in [5.41, 5.74) is 3.02. The maximum absolute atomic E-state index is 13.4. The van der Waals surface area contributed by atoms with Crippen molar-refractivity contribution < 1.29 is 14.3 Å². The van der Waals surface area contributed by atoms with Crippen molar-refractivity contribution in [1.82, 2.24) is 9.80 Å². The van der Waals surface area contributed by atoms with Crippen molar-refractivity contribution in [3.8, 4) is 11.5 Å². The molecule has 1 fully saturated rings. The average Bonchev–Trinajstić information content (AvgIpc) is 2.99. The second-order valence-electron chi connectivity index (χ2n) is 8.09. The summed E-state index contributed by atoms with van der Waals surface area (Å²) in [6, 6.07) is 16.5. The quantitative estimate of drug-likeness (QED) is 0.693.